The van der Waals surface area contributed by atoms with E-state index >= 15 is 0 Å². The van der Waals surface area contributed by atoms with Crippen molar-refractivity contribution < 1.29 is 9.59 Å². The Hall–Kier alpha value is -2.67. The van der Waals surface area contributed by atoms with Gasteiger partial charge in [0.1, 0.15) is 5.00 Å². The van der Waals surface area contributed by atoms with Gasteiger partial charge in [-0.15, -0.1) is 11.3 Å². The molecule has 2 heterocycles. The Kier molecular flexibility index (Phi) is 3.88. The summed E-state index contributed by atoms with van der Waals surface area (Å²) in [4.78, 5) is 27.9. The molecule has 2 aromatic rings. The molecule has 0 spiro atoms. The summed E-state index contributed by atoms with van der Waals surface area (Å²) in [6.45, 7) is 0.376. The average molecular weight is 314 g/mol. The highest BCUT2D eigenvalue weighted by atomic mass is 32.1. The van der Waals surface area contributed by atoms with E-state index in [2.05, 4.69) is 10.4 Å². The van der Waals surface area contributed by atoms with E-state index in [1.165, 1.54) is 16.3 Å². The first kappa shape index (κ1) is 14.3. The number of amidine groups is 1. The maximum absolute atomic E-state index is 12.1. The first-order chi connectivity index (χ1) is 10.6. The molecule has 6 nitrogen and oxygen atoms in total. The summed E-state index contributed by atoms with van der Waals surface area (Å²) in [5.41, 5.74) is 9.90. The zero-order chi connectivity index (χ0) is 15.5. The highest BCUT2D eigenvalue weighted by Gasteiger charge is 2.25. The maximum atomic E-state index is 12.1. The highest BCUT2D eigenvalue weighted by Crippen LogP contribution is 2.31. The van der Waals surface area contributed by atoms with Gasteiger partial charge in [0.25, 0.3) is 5.91 Å². The molecule has 1 aromatic heterocycles. The fraction of sp³-hybridized carbons (Fsp3) is 0.133. The zero-order valence-electron chi connectivity index (χ0n) is 11.7. The summed E-state index contributed by atoms with van der Waals surface area (Å²) in [6.07, 6.45) is 0.222. The molecule has 3 N–H and O–H groups in total. The molecule has 1 aliphatic rings. The predicted molar refractivity (Wildman–Crippen MR) is 84.4 cm³/mol. The van der Waals surface area contributed by atoms with Gasteiger partial charge in [0, 0.05) is 5.56 Å². The monoisotopic (exact) mass is 314 g/mol. The van der Waals surface area contributed by atoms with Crippen LogP contribution < -0.4 is 11.2 Å². The summed E-state index contributed by atoms with van der Waals surface area (Å²) in [7, 11) is 0. The van der Waals surface area contributed by atoms with E-state index < -0.39 is 5.91 Å². The van der Waals surface area contributed by atoms with Gasteiger partial charge in [-0.2, -0.15) is 0 Å². The van der Waals surface area contributed by atoms with E-state index in [0.717, 1.165) is 16.1 Å². The number of rotatable bonds is 4. The molecule has 1 aliphatic heterocycles. The lowest BCUT2D eigenvalue weighted by Gasteiger charge is -2.27. The van der Waals surface area contributed by atoms with Crippen molar-refractivity contribution in [2.75, 3.05) is 0 Å². The number of amides is 2. The highest BCUT2D eigenvalue weighted by molar-refractivity contribution is 7.14. The van der Waals surface area contributed by atoms with Crippen LogP contribution >= 0.6 is 11.3 Å². The van der Waals surface area contributed by atoms with Crippen LogP contribution in [0.3, 0.4) is 0 Å². The third kappa shape index (κ3) is 2.99. The third-order valence-corrected chi connectivity index (χ3v) is 4.05. The number of nitrogens with zero attached hydrogens (tertiary/aromatic N) is 2. The molecule has 22 heavy (non-hydrogen) atoms. The largest absolute Gasteiger partial charge is 0.363 e. The van der Waals surface area contributed by atoms with E-state index in [0.29, 0.717) is 6.54 Å². The van der Waals surface area contributed by atoms with Crippen LogP contribution in [0.5, 0.6) is 0 Å². The van der Waals surface area contributed by atoms with Gasteiger partial charge in [-0.25, -0.2) is 4.99 Å². The van der Waals surface area contributed by atoms with Crippen LogP contribution in [0, 0.1) is 0 Å². The van der Waals surface area contributed by atoms with Crippen LogP contribution in [-0.2, 0) is 22.6 Å². The van der Waals surface area contributed by atoms with Crippen LogP contribution in [-0.4, -0.2) is 22.7 Å². The molecule has 1 aromatic carbocycles. The fourth-order valence-corrected chi connectivity index (χ4v) is 2.98. The minimum absolute atomic E-state index is 0.0522. The number of benzene rings is 1. The number of hydrazine groups is 1. The van der Waals surface area contributed by atoms with Gasteiger partial charge in [-0.05, 0) is 17.0 Å². The Morgan fingerprint density at radius 1 is 1.27 bits per heavy atom. The minimum Gasteiger partial charge on any atom is -0.363 e. The van der Waals surface area contributed by atoms with Crippen LogP contribution in [0.4, 0.5) is 5.00 Å². The molecule has 112 valence electrons. The van der Waals surface area contributed by atoms with E-state index in [1.807, 2.05) is 41.8 Å². The normalized spacial score (nSPS) is 13.3. The minimum atomic E-state index is -0.668. The molecule has 2 amide bonds. The smallest absolute Gasteiger partial charge is 0.286 e. The molecule has 0 saturated heterocycles. The maximum Gasteiger partial charge on any atom is 0.286 e. The average Bonchev–Trinajstić information content (AvgIpc) is 2.94. The van der Waals surface area contributed by atoms with Gasteiger partial charge in [-0.1, -0.05) is 30.3 Å². The molecule has 3 rings (SSSR count). The van der Waals surface area contributed by atoms with Gasteiger partial charge in [0.05, 0.1) is 13.0 Å². The Bertz CT molecular complexity index is 739. The molecule has 7 heteroatoms. The molecule has 0 bridgehead atoms. The lowest BCUT2D eigenvalue weighted by Crippen LogP contribution is -2.51. The number of carbonyl (C=O) groups is 2. The van der Waals surface area contributed by atoms with Crippen LogP contribution in [0.15, 0.2) is 46.8 Å². The van der Waals surface area contributed by atoms with Gasteiger partial charge >= 0.3 is 0 Å². The molecule has 0 atom stereocenters. The van der Waals surface area contributed by atoms with Crippen molar-refractivity contribution in [1.29, 1.82) is 0 Å². The summed E-state index contributed by atoms with van der Waals surface area (Å²) < 4.78 is 0. The Morgan fingerprint density at radius 2 is 2.05 bits per heavy atom. The molecule has 0 aliphatic carbocycles. The zero-order valence-corrected chi connectivity index (χ0v) is 12.5. The summed E-state index contributed by atoms with van der Waals surface area (Å²) in [6, 6.07) is 11.3. The summed E-state index contributed by atoms with van der Waals surface area (Å²) >= 11 is 1.44. The van der Waals surface area contributed by atoms with Crippen molar-refractivity contribution in [3.05, 3.63) is 52.9 Å². The number of aliphatic imine (C=N–C) groups is 1. The van der Waals surface area contributed by atoms with Crippen LogP contribution in [0.25, 0.3) is 0 Å². The molecule has 0 radical (unpaired) electrons. The van der Waals surface area contributed by atoms with E-state index in [4.69, 9.17) is 5.73 Å². The second-order valence-electron chi connectivity index (χ2n) is 4.83. The number of carbonyl (C=O) groups excluding carboxylic acids is 2. The molecular weight excluding hydrogens is 300 g/mol. The number of primary amides is 1. The Balaban J connectivity index is 1.74. The Morgan fingerprint density at radius 3 is 2.77 bits per heavy atom. The van der Waals surface area contributed by atoms with Gasteiger partial charge in [0.15, 0.2) is 0 Å². The molecular formula is C15H14N4O2S. The van der Waals surface area contributed by atoms with Crippen molar-refractivity contribution in [2.45, 2.75) is 13.0 Å². The van der Waals surface area contributed by atoms with Crippen LogP contribution in [0.1, 0.15) is 11.1 Å². The van der Waals surface area contributed by atoms with Crippen molar-refractivity contribution >= 4 is 34.0 Å². The van der Waals surface area contributed by atoms with Crippen molar-refractivity contribution in [3.8, 4) is 0 Å². The second-order valence-corrected chi connectivity index (χ2v) is 5.73. The Labute approximate surface area is 131 Å². The van der Waals surface area contributed by atoms with Crippen molar-refractivity contribution in [3.63, 3.8) is 0 Å². The predicted octanol–water partition coefficient (Wildman–Crippen LogP) is 1.35. The summed E-state index contributed by atoms with van der Waals surface area (Å²) in [5.74, 6) is -0.839. The van der Waals surface area contributed by atoms with Gasteiger partial charge in [0.2, 0.25) is 11.7 Å². The number of hydrogen-bond donors (Lipinski definition) is 2. The third-order valence-electron chi connectivity index (χ3n) is 3.20. The molecule has 0 fully saturated rings. The SMILES string of the molecule is NC(=O)C1=Nc2sccc2CN1NC(=O)Cc1ccccc1. The molecule has 0 saturated carbocycles. The lowest BCUT2D eigenvalue weighted by molar-refractivity contribution is -0.124. The second kappa shape index (κ2) is 5.98. The van der Waals surface area contributed by atoms with Crippen LogP contribution in [0.2, 0.25) is 0 Å². The molecule has 0 unspecified atom stereocenters. The van der Waals surface area contributed by atoms with Gasteiger partial charge in [-0.3, -0.25) is 20.0 Å². The van der Waals surface area contributed by atoms with E-state index in [1.54, 1.807) is 0 Å². The van der Waals surface area contributed by atoms with E-state index in [-0.39, 0.29) is 18.2 Å². The lowest BCUT2D eigenvalue weighted by atomic mass is 10.1. The van der Waals surface area contributed by atoms with Crippen molar-refractivity contribution in [2.24, 2.45) is 10.7 Å². The quantitative estimate of drug-likeness (QED) is 0.893. The number of nitrogens with two attached hydrogens (primary N) is 1. The van der Waals surface area contributed by atoms with E-state index in [9.17, 15) is 9.59 Å². The van der Waals surface area contributed by atoms with Crippen molar-refractivity contribution in [1.82, 2.24) is 10.4 Å². The first-order valence-electron chi connectivity index (χ1n) is 6.69. The van der Waals surface area contributed by atoms with Gasteiger partial charge < -0.3 is 5.73 Å². The number of fused-ring (bicyclic) bond motifs is 1. The number of hydrogen-bond acceptors (Lipinski definition) is 5. The summed E-state index contributed by atoms with van der Waals surface area (Å²) in [5, 5.41) is 4.05. The number of nitrogens with one attached hydrogen (secondary N) is 1. The standard InChI is InChI=1S/C15H14N4O2S/c16-13(21)14-17-15-11(6-7-22-15)9-19(14)18-12(20)8-10-4-2-1-3-5-10/h1-7H,8-9H2,(H2,16,21)(H,18,20). The topological polar surface area (TPSA) is 87.8 Å². The first-order valence-corrected chi connectivity index (χ1v) is 7.57. The number of thiophene rings is 1. The fourth-order valence-electron chi connectivity index (χ4n) is 2.20.